The minimum Gasteiger partial charge on any atom is -0.480 e. The summed E-state index contributed by atoms with van der Waals surface area (Å²) in [7, 11) is 0. The van der Waals surface area contributed by atoms with Crippen LogP contribution in [0.1, 0.15) is 26.2 Å². The van der Waals surface area contributed by atoms with Gasteiger partial charge in [-0.25, -0.2) is 0 Å². The highest BCUT2D eigenvalue weighted by atomic mass is 16.4. The van der Waals surface area contributed by atoms with Crippen LogP contribution in [0.3, 0.4) is 0 Å². The SMILES string of the molecule is CCCC(O)NC(CC(N)=O)C(=O)O. The number of aliphatic hydroxyl groups is 1. The maximum Gasteiger partial charge on any atom is 0.321 e. The van der Waals surface area contributed by atoms with Crippen LogP contribution in [0, 0.1) is 0 Å². The quantitative estimate of drug-likeness (QED) is 0.398. The molecule has 0 aliphatic heterocycles. The van der Waals surface area contributed by atoms with Crippen molar-refractivity contribution in [3.05, 3.63) is 0 Å². The van der Waals surface area contributed by atoms with Crippen LogP contribution in [0.15, 0.2) is 0 Å². The summed E-state index contributed by atoms with van der Waals surface area (Å²) in [5.74, 6) is -1.91. The molecule has 2 unspecified atom stereocenters. The standard InChI is InChI=1S/C8H16N2O4/c1-2-3-7(12)10-5(8(13)14)4-6(9)11/h5,7,10,12H,2-4H2,1H3,(H2,9,11)(H,13,14). The number of carbonyl (C=O) groups excluding carboxylic acids is 1. The Bertz CT molecular complexity index is 208. The zero-order valence-electron chi connectivity index (χ0n) is 8.06. The fraction of sp³-hybridized carbons (Fsp3) is 0.750. The lowest BCUT2D eigenvalue weighted by atomic mass is 10.2. The zero-order valence-corrected chi connectivity index (χ0v) is 8.06. The number of nitrogens with one attached hydrogen (secondary N) is 1. The van der Waals surface area contributed by atoms with Crippen molar-refractivity contribution < 1.29 is 19.8 Å². The second-order valence-electron chi connectivity index (χ2n) is 3.03. The van der Waals surface area contributed by atoms with Crippen LogP contribution >= 0.6 is 0 Å². The number of amides is 1. The molecule has 0 aliphatic rings. The number of carbonyl (C=O) groups is 2. The molecule has 0 spiro atoms. The molecule has 0 rings (SSSR count). The van der Waals surface area contributed by atoms with E-state index in [1.165, 1.54) is 0 Å². The van der Waals surface area contributed by atoms with Gasteiger partial charge in [0.2, 0.25) is 5.91 Å². The molecule has 0 bridgehead atoms. The number of hydrogen-bond donors (Lipinski definition) is 4. The van der Waals surface area contributed by atoms with E-state index in [1.807, 2.05) is 6.92 Å². The van der Waals surface area contributed by atoms with Crippen molar-refractivity contribution in [2.24, 2.45) is 5.73 Å². The van der Waals surface area contributed by atoms with Gasteiger partial charge in [0.25, 0.3) is 0 Å². The van der Waals surface area contributed by atoms with Gasteiger partial charge in [0, 0.05) is 0 Å². The number of primary amides is 1. The third-order valence-electron chi connectivity index (χ3n) is 1.66. The lowest BCUT2D eigenvalue weighted by molar-refractivity contribution is -0.142. The highest BCUT2D eigenvalue weighted by molar-refractivity contribution is 5.83. The molecule has 0 aromatic carbocycles. The number of rotatable bonds is 7. The number of carboxylic acid groups (broad SMARTS) is 1. The summed E-state index contributed by atoms with van der Waals surface area (Å²) in [6.07, 6.45) is -0.0872. The van der Waals surface area contributed by atoms with E-state index >= 15 is 0 Å². The van der Waals surface area contributed by atoms with Gasteiger partial charge < -0.3 is 15.9 Å². The molecule has 0 aromatic heterocycles. The van der Waals surface area contributed by atoms with Crippen LogP contribution < -0.4 is 11.1 Å². The number of aliphatic carboxylic acids is 1. The minimum absolute atomic E-state index is 0.323. The fourth-order valence-electron chi connectivity index (χ4n) is 1.01. The Morgan fingerprint density at radius 3 is 2.43 bits per heavy atom. The number of hydrogen-bond acceptors (Lipinski definition) is 4. The van der Waals surface area contributed by atoms with Gasteiger partial charge in [-0.15, -0.1) is 0 Å². The van der Waals surface area contributed by atoms with E-state index in [9.17, 15) is 14.7 Å². The van der Waals surface area contributed by atoms with Crippen molar-refractivity contribution >= 4 is 11.9 Å². The normalized spacial score (nSPS) is 14.7. The zero-order chi connectivity index (χ0) is 11.1. The summed E-state index contributed by atoms with van der Waals surface area (Å²) in [4.78, 5) is 21.1. The van der Waals surface area contributed by atoms with E-state index in [-0.39, 0.29) is 6.42 Å². The lowest BCUT2D eigenvalue weighted by Gasteiger charge is -2.17. The molecule has 2 atom stereocenters. The van der Waals surface area contributed by atoms with Crippen LogP contribution in [0.4, 0.5) is 0 Å². The second-order valence-corrected chi connectivity index (χ2v) is 3.03. The Hall–Kier alpha value is -1.14. The first-order chi connectivity index (χ1) is 6.47. The van der Waals surface area contributed by atoms with E-state index in [4.69, 9.17) is 10.8 Å². The first kappa shape index (κ1) is 12.9. The Morgan fingerprint density at radius 1 is 1.50 bits per heavy atom. The first-order valence-corrected chi connectivity index (χ1v) is 4.42. The van der Waals surface area contributed by atoms with Gasteiger partial charge in [-0.3, -0.25) is 14.9 Å². The van der Waals surface area contributed by atoms with Crippen molar-refractivity contribution in [1.82, 2.24) is 5.32 Å². The Kier molecular flexibility index (Phi) is 5.82. The van der Waals surface area contributed by atoms with E-state index in [0.717, 1.165) is 6.42 Å². The van der Waals surface area contributed by atoms with E-state index < -0.39 is 24.1 Å². The van der Waals surface area contributed by atoms with Gasteiger partial charge in [0.05, 0.1) is 6.42 Å². The summed E-state index contributed by atoms with van der Waals surface area (Å²) >= 11 is 0. The second kappa shape index (κ2) is 6.33. The van der Waals surface area contributed by atoms with Gasteiger partial charge in [0.1, 0.15) is 12.3 Å². The van der Waals surface area contributed by atoms with Crippen molar-refractivity contribution in [2.75, 3.05) is 0 Å². The van der Waals surface area contributed by atoms with Gasteiger partial charge in [0.15, 0.2) is 0 Å². The summed E-state index contributed by atoms with van der Waals surface area (Å²) in [6.45, 7) is 1.86. The van der Waals surface area contributed by atoms with Crippen molar-refractivity contribution in [1.29, 1.82) is 0 Å². The summed E-state index contributed by atoms with van der Waals surface area (Å²) in [6, 6.07) is -1.12. The third kappa shape index (κ3) is 5.50. The molecular weight excluding hydrogens is 188 g/mol. The molecule has 0 heterocycles. The number of aliphatic hydroxyl groups excluding tert-OH is 1. The predicted molar refractivity (Wildman–Crippen MR) is 49.3 cm³/mol. The summed E-state index contributed by atoms with van der Waals surface area (Å²) in [5.41, 5.74) is 4.86. The number of nitrogens with two attached hydrogens (primary N) is 1. The average molecular weight is 204 g/mol. The average Bonchev–Trinajstić information content (AvgIpc) is 2.02. The van der Waals surface area contributed by atoms with E-state index in [0.29, 0.717) is 6.42 Å². The molecular formula is C8H16N2O4. The first-order valence-electron chi connectivity index (χ1n) is 4.42. The van der Waals surface area contributed by atoms with Crippen LogP contribution in [0.25, 0.3) is 0 Å². The van der Waals surface area contributed by atoms with Crippen LogP contribution in [-0.4, -0.2) is 34.4 Å². The molecule has 0 saturated heterocycles. The Balaban J connectivity index is 4.08. The summed E-state index contributed by atoms with van der Waals surface area (Å²) in [5, 5.41) is 20.3. The van der Waals surface area contributed by atoms with Crippen molar-refractivity contribution in [2.45, 2.75) is 38.5 Å². The van der Waals surface area contributed by atoms with Crippen LogP contribution in [0.2, 0.25) is 0 Å². The maximum atomic E-state index is 10.6. The van der Waals surface area contributed by atoms with Crippen LogP contribution in [-0.2, 0) is 9.59 Å². The Morgan fingerprint density at radius 2 is 2.07 bits per heavy atom. The van der Waals surface area contributed by atoms with Gasteiger partial charge in [-0.05, 0) is 6.42 Å². The predicted octanol–water partition coefficient (Wildman–Crippen LogP) is -0.977. The van der Waals surface area contributed by atoms with Gasteiger partial charge in [-0.1, -0.05) is 13.3 Å². The molecule has 82 valence electrons. The number of carboxylic acids is 1. The fourth-order valence-corrected chi connectivity index (χ4v) is 1.01. The van der Waals surface area contributed by atoms with E-state index in [1.54, 1.807) is 0 Å². The highest BCUT2D eigenvalue weighted by Crippen LogP contribution is 1.98. The minimum atomic E-state index is -1.20. The molecule has 1 amide bonds. The smallest absolute Gasteiger partial charge is 0.321 e. The highest BCUT2D eigenvalue weighted by Gasteiger charge is 2.21. The molecule has 14 heavy (non-hydrogen) atoms. The van der Waals surface area contributed by atoms with E-state index in [2.05, 4.69) is 5.32 Å². The molecule has 0 aliphatic carbocycles. The van der Waals surface area contributed by atoms with Crippen molar-refractivity contribution in [3.63, 3.8) is 0 Å². The molecule has 5 N–H and O–H groups in total. The third-order valence-corrected chi connectivity index (χ3v) is 1.66. The van der Waals surface area contributed by atoms with Gasteiger partial charge >= 0.3 is 5.97 Å². The molecule has 6 nitrogen and oxygen atoms in total. The molecule has 0 saturated carbocycles. The Labute approximate surface area is 82.1 Å². The topological polar surface area (TPSA) is 113 Å². The lowest BCUT2D eigenvalue weighted by Crippen LogP contribution is -2.45. The molecule has 6 heteroatoms. The molecule has 0 radical (unpaired) electrons. The molecule has 0 fully saturated rings. The summed E-state index contributed by atoms with van der Waals surface area (Å²) < 4.78 is 0. The monoisotopic (exact) mass is 204 g/mol. The molecule has 0 aromatic rings. The largest absolute Gasteiger partial charge is 0.480 e. The van der Waals surface area contributed by atoms with Crippen molar-refractivity contribution in [3.8, 4) is 0 Å². The maximum absolute atomic E-state index is 10.6. The van der Waals surface area contributed by atoms with Gasteiger partial charge in [-0.2, -0.15) is 0 Å². The van der Waals surface area contributed by atoms with Crippen LogP contribution in [0.5, 0.6) is 0 Å².